The zero-order chi connectivity index (χ0) is 14.4. The molecule has 0 saturated carbocycles. The van der Waals surface area contributed by atoms with Gasteiger partial charge >= 0.3 is 0 Å². The number of benzene rings is 1. The number of carbonyl (C=O) groups is 1. The van der Waals surface area contributed by atoms with E-state index < -0.39 is 6.08 Å². The summed E-state index contributed by atoms with van der Waals surface area (Å²) in [6, 6.07) is 6.80. The molecule has 0 aliphatic carbocycles. The van der Waals surface area contributed by atoms with Crippen LogP contribution in [-0.2, 0) is 6.54 Å². The van der Waals surface area contributed by atoms with Gasteiger partial charge in [-0.25, -0.2) is 0 Å². The molecule has 7 heteroatoms. The summed E-state index contributed by atoms with van der Waals surface area (Å²) < 4.78 is 15.5. The third-order valence-corrected chi connectivity index (χ3v) is 3.47. The molecule has 0 fully saturated rings. The summed E-state index contributed by atoms with van der Waals surface area (Å²) in [4.78, 5) is 17.6. The van der Waals surface area contributed by atoms with Crippen molar-refractivity contribution in [1.82, 2.24) is 14.5 Å². The number of halogens is 1. The van der Waals surface area contributed by atoms with Gasteiger partial charge in [0, 0.05) is 7.05 Å². The molecule has 0 saturated heterocycles. The van der Waals surface area contributed by atoms with E-state index in [1.54, 1.807) is 31.3 Å². The molecule has 0 spiro atoms. The van der Waals surface area contributed by atoms with Gasteiger partial charge in [-0.15, -0.1) is 0 Å². The van der Waals surface area contributed by atoms with Gasteiger partial charge in [0.2, 0.25) is 0 Å². The smallest absolute Gasteiger partial charge is 0.294 e. The van der Waals surface area contributed by atoms with Crippen LogP contribution in [0.5, 0.6) is 0 Å². The fourth-order valence-corrected chi connectivity index (χ4v) is 2.53. The van der Waals surface area contributed by atoms with Crippen molar-refractivity contribution in [2.45, 2.75) is 6.54 Å². The third kappa shape index (κ3) is 1.70. The lowest BCUT2D eigenvalue weighted by atomic mass is 10.1. The number of hydrogen-bond donors (Lipinski definition) is 1. The van der Waals surface area contributed by atoms with Crippen molar-refractivity contribution in [2.24, 2.45) is 5.73 Å². The number of para-hydroxylation sites is 1. The number of carbonyl (C=O) groups excluding carboxylic acids is 1. The molecule has 102 valence electrons. The first-order valence-corrected chi connectivity index (χ1v) is 6.33. The van der Waals surface area contributed by atoms with Gasteiger partial charge in [-0.3, -0.25) is 9.36 Å². The molecule has 0 atom stereocenters. The first kappa shape index (κ1) is 12.7. The zero-order valence-electron chi connectivity index (χ0n) is 10.6. The number of fused-ring (bicyclic) bond motifs is 3. The van der Waals surface area contributed by atoms with Gasteiger partial charge in [0.15, 0.2) is 0 Å². The molecule has 1 aliphatic heterocycles. The normalized spacial score (nSPS) is 13.7. The summed E-state index contributed by atoms with van der Waals surface area (Å²) in [6.07, 6.45) is -0.724. The van der Waals surface area contributed by atoms with E-state index in [4.69, 9.17) is 18.0 Å². The minimum atomic E-state index is -0.724. The van der Waals surface area contributed by atoms with Gasteiger partial charge in [-0.05, 0) is 12.1 Å². The lowest BCUT2D eigenvalue weighted by Gasteiger charge is -2.14. The highest BCUT2D eigenvalue weighted by molar-refractivity contribution is 7.80. The van der Waals surface area contributed by atoms with Crippen LogP contribution in [0.2, 0.25) is 0 Å². The second-order valence-corrected chi connectivity index (χ2v) is 4.99. The average molecular weight is 290 g/mol. The predicted octanol–water partition coefficient (Wildman–Crippen LogP) is 1.23. The van der Waals surface area contributed by atoms with E-state index in [0.29, 0.717) is 16.9 Å². The van der Waals surface area contributed by atoms with Crippen LogP contribution in [0.15, 0.2) is 24.3 Å². The van der Waals surface area contributed by atoms with E-state index in [2.05, 4.69) is 4.98 Å². The minimum Gasteiger partial charge on any atom is -0.388 e. The molecule has 5 nitrogen and oxygen atoms in total. The molecule has 1 aliphatic rings. The molecule has 2 aromatic rings. The second-order valence-electron chi connectivity index (χ2n) is 4.55. The standard InChI is InChI=1S/C13H11FN4OS/c1-17-6-9-10(11(15)20)16-13(14)18(9)8-5-3-2-4-7(8)12(17)19/h2-5H,6H2,1H3,(H2,15,20). The summed E-state index contributed by atoms with van der Waals surface area (Å²) >= 11 is 4.90. The number of rotatable bonds is 1. The highest BCUT2D eigenvalue weighted by Crippen LogP contribution is 2.26. The highest BCUT2D eigenvalue weighted by Gasteiger charge is 2.29. The van der Waals surface area contributed by atoms with Gasteiger partial charge < -0.3 is 10.6 Å². The summed E-state index contributed by atoms with van der Waals surface area (Å²) in [7, 11) is 1.64. The van der Waals surface area contributed by atoms with Crippen LogP contribution in [-0.4, -0.2) is 32.4 Å². The Balaban J connectivity index is 2.37. The van der Waals surface area contributed by atoms with Gasteiger partial charge in [0.25, 0.3) is 12.0 Å². The molecule has 1 aromatic carbocycles. The van der Waals surface area contributed by atoms with E-state index in [1.165, 1.54) is 9.47 Å². The van der Waals surface area contributed by atoms with E-state index in [1.807, 2.05) is 0 Å². The Hall–Kier alpha value is -2.28. The minimum absolute atomic E-state index is 0.0119. The Morgan fingerprint density at radius 1 is 1.45 bits per heavy atom. The number of amides is 1. The van der Waals surface area contributed by atoms with Crippen LogP contribution >= 0.6 is 12.2 Å². The monoisotopic (exact) mass is 290 g/mol. The Morgan fingerprint density at radius 3 is 2.85 bits per heavy atom. The van der Waals surface area contributed by atoms with Crippen molar-refractivity contribution in [3.8, 4) is 5.69 Å². The van der Waals surface area contributed by atoms with Gasteiger partial charge in [0.1, 0.15) is 10.7 Å². The maximum absolute atomic E-state index is 14.2. The largest absolute Gasteiger partial charge is 0.388 e. The molecular weight excluding hydrogens is 279 g/mol. The highest BCUT2D eigenvalue weighted by atomic mass is 32.1. The molecule has 1 amide bonds. The molecule has 0 radical (unpaired) electrons. The average Bonchev–Trinajstić information content (AvgIpc) is 2.69. The third-order valence-electron chi connectivity index (χ3n) is 3.27. The quantitative estimate of drug-likeness (QED) is 0.802. The molecule has 0 unspecified atom stereocenters. The molecule has 2 N–H and O–H groups in total. The molecule has 1 aromatic heterocycles. The number of thiocarbonyl (C=S) groups is 1. The van der Waals surface area contributed by atoms with Crippen molar-refractivity contribution < 1.29 is 9.18 Å². The number of aromatic nitrogens is 2. The van der Waals surface area contributed by atoms with Crippen LogP contribution in [0.3, 0.4) is 0 Å². The second kappa shape index (κ2) is 4.38. The van der Waals surface area contributed by atoms with Gasteiger partial charge in [-0.2, -0.15) is 9.37 Å². The molecule has 3 rings (SSSR count). The summed E-state index contributed by atoms with van der Waals surface area (Å²) in [6.45, 7) is 0.192. The first-order chi connectivity index (χ1) is 9.50. The lowest BCUT2D eigenvalue weighted by Crippen LogP contribution is -2.26. The van der Waals surface area contributed by atoms with Crippen molar-refractivity contribution in [3.63, 3.8) is 0 Å². The van der Waals surface area contributed by atoms with Crippen LogP contribution in [0, 0.1) is 6.08 Å². The van der Waals surface area contributed by atoms with Crippen molar-refractivity contribution in [1.29, 1.82) is 0 Å². The van der Waals surface area contributed by atoms with E-state index in [-0.39, 0.29) is 23.1 Å². The Kier molecular flexibility index (Phi) is 2.79. The number of imidazole rings is 1. The fourth-order valence-electron chi connectivity index (χ4n) is 2.36. The topological polar surface area (TPSA) is 64.2 Å². The van der Waals surface area contributed by atoms with Crippen LogP contribution in [0.25, 0.3) is 5.69 Å². The van der Waals surface area contributed by atoms with E-state index >= 15 is 0 Å². The summed E-state index contributed by atoms with van der Waals surface area (Å²) in [5.74, 6) is -0.183. The summed E-state index contributed by atoms with van der Waals surface area (Å²) in [5.41, 5.74) is 7.15. The lowest BCUT2D eigenvalue weighted by molar-refractivity contribution is 0.0788. The van der Waals surface area contributed by atoms with Gasteiger partial charge in [-0.1, -0.05) is 24.4 Å². The molecule has 0 bridgehead atoms. The van der Waals surface area contributed by atoms with Crippen molar-refractivity contribution in [3.05, 3.63) is 47.3 Å². The fraction of sp³-hybridized carbons (Fsp3) is 0.154. The SMILES string of the molecule is CN1Cc2c(C(N)=S)nc(F)n2-c2ccccc2C1=O. The Bertz CT molecular complexity index is 740. The van der Waals surface area contributed by atoms with Crippen LogP contribution in [0.4, 0.5) is 4.39 Å². The van der Waals surface area contributed by atoms with E-state index in [0.717, 1.165) is 0 Å². The van der Waals surface area contributed by atoms with Crippen LogP contribution < -0.4 is 5.73 Å². The maximum atomic E-state index is 14.2. The van der Waals surface area contributed by atoms with Gasteiger partial charge in [0.05, 0.1) is 23.5 Å². The van der Waals surface area contributed by atoms with Crippen LogP contribution in [0.1, 0.15) is 21.7 Å². The Labute approximate surface area is 119 Å². The molecular formula is C13H11FN4OS. The maximum Gasteiger partial charge on any atom is 0.294 e. The first-order valence-electron chi connectivity index (χ1n) is 5.92. The van der Waals surface area contributed by atoms with Crippen molar-refractivity contribution in [2.75, 3.05) is 7.05 Å². The number of nitrogens with zero attached hydrogens (tertiary/aromatic N) is 3. The number of nitrogens with two attached hydrogens (primary N) is 1. The predicted molar refractivity (Wildman–Crippen MR) is 75.2 cm³/mol. The van der Waals surface area contributed by atoms with E-state index in [9.17, 15) is 9.18 Å². The van der Waals surface area contributed by atoms with Crippen molar-refractivity contribution >= 4 is 23.1 Å². The zero-order valence-corrected chi connectivity index (χ0v) is 11.4. The number of hydrogen-bond acceptors (Lipinski definition) is 3. The molecule has 20 heavy (non-hydrogen) atoms. The summed E-state index contributed by atoms with van der Waals surface area (Å²) in [5, 5.41) is 0. The Morgan fingerprint density at radius 2 is 2.15 bits per heavy atom. The molecule has 2 heterocycles.